The van der Waals surface area contributed by atoms with Gasteiger partial charge in [0.25, 0.3) is 5.91 Å². The van der Waals surface area contributed by atoms with Gasteiger partial charge in [-0.25, -0.2) is 0 Å². The van der Waals surface area contributed by atoms with Crippen LogP contribution in [0.2, 0.25) is 0 Å². The fraction of sp³-hybridized carbons (Fsp3) is 0.353. The van der Waals surface area contributed by atoms with Crippen molar-refractivity contribution in [3.8, 4) is 0 Å². The Morgan fingerprint density at radius 1 is 1.29 bits per heavy atom. The first kappa shape index (κ1) is 15.3. The molecule has 0 saturated carbocycles. The minimum Gasteiger partial charge on any atom is -0.469 e. The van der Waals surface area contributed by atoms with Crippen LogP contribution in [0.25, 0.3) is 0 Å². The predicted octanol–water partition coefficient (Wildman–Crippen LogP) is 3.76. The maximum Gasteiger partial charge on any atom is 0.259 e. The molecule has 21 heavy (non-hydrogen) atoms. The van der Waals surface area contributed by atoms with E-state index < -0.39 is 0 Å². The van der Waals surface area contributed by atoms with Gasteiger partial charge in [-0.2, -0.15) is 0 Å². The quantitative estimate of drug-likeness (QED) is 0.850. The number of hydrogen-bond donors (Lipinski definition) is 2. The molecule has 1 aromatic carbocycles. The van der Waals surface area contributed by atoms with Gasteiger partial charge in [0, 0.05) is 18.2 Å². The van der Waals surface area contributed by atoms with E-state index in [1.807, 2.05) is 25.1 Å². The third-order valence-corrected chi connectivity index (χ3v) is 3.47. The van der Waals surface area contributed by atoms with Gasteiger partial charge in [0.05, 0.1) is 11.8 Å². The molecule has 2 N–H and O–H groups in total. The Morgan fingerprint density at radius 3 is 2.81 bits per heavy atom. The molecule has 2 rings (SSSR count). The van der Waals surface area contributed by atoms with Crippen LogP contribution in [0.1, 0.15) is 48.5 Å². The van der Waals surface area contributed by atoms with Crippen molar-refractivity contribution in [2.45, 2.75) is 33.2 Å². The molecule has 0 spiro atoms. The zero-order valence-corrected chi connectivity index (χ0v) is 12.8. The molecule has 0 aliphatic rings. The molecule has 1 heterocycles. The highest BCUT2D eigenvalue weighted by Gasteiger charge is 2.14. The first-order chi connectivity index (χ1) is 10.2. The summed E-state index contributed by atoms with van der Waals surface area (Å²) in [7, 11) is 0. The molecule has 0 fully saturated rings. The lowest BCUT2D eigenvalue weighted by atomic mass is 10.1. The predicted molar refractivity (Wildman–Crippen MR) is 84.6 cm³/mol. The summed E-state index contributed by atoms with van der Waals surface area (Å²) in [5.74, 6) is 0.582. The Hall–Kier alpha value is -2.07. The lowest BCUT2D eigenvalue weighted by molar-refractivity contribution is 0.102. The van der Waals surface area contributed by atoms with Crippen LogP contribution in [0, 0.1) is 0 Å². The number of rotatable bonds is 6. The fourth-order valence-corrected chi connectivity index (χ4v) is 2.32. The summed E-state index contributed by atoms with van der Waals surface area (Å²) >= 11 is 0. The maximum atomic E-state index is 12.3. The van der Waals surface area contributed by atoms with Crippen molar-refractivity contribution in [2.75, 3.05) is 11.9 Å². The van der Waals surface area contributed by atoms with E-state index in [0.717, 1.165) is 17.8 Å². The van der Waals surface area contributed by atoms with Crippen LogP contribution in [0.3, 0.4) is 0 Å². The average molecular weight is 286 g/mol. The molecule has 0 bridgehead atoms. The van der Waals surface area contributed by atoms with Crippen molar-refractivity contribution in [3.05, 3.63) is 53.5 Å². The monoisotopic (exact) mass is 286 g/mol. The van der Waals surface area contributed by atoms with Crippen LogP contribution < -0.4 is 10.6 Å². The van der Waals surface area contributed by atoms with Crippen molar-refractivity contribution in [2.24, 2.45) is 0 Å². The van der Waals surface area contributed by atoms with Gasteiger partial charge in [0.1, 0.15) is 5.76 Å². The molecule has 0 aliphatic heterocycles. The molecular weight excluding hydrogens is 264 g/mol. The Morgan fingerprint density at radius 2 is 2.10 bits per heavy atom. The highest BCUT2D eigenvalue weighted by Crippen LogP contribution is 2.19. The number of amides is 1. The summed E-state index contributed by atoms with van der Waals surface area (Å²) in [6.07, 6.45) is 2.25. The molecule has 2 aromatic rings. The molecule has 1 unspecified atom stereocenters. The standard InChI is InChI=1S/C17H22N2O2/c1-4-16-15(9-10-21-16)17(20)19-14-8-6-7-13(11-14)12(3)18-5-2/h6-12,18H,4-5H2,1-3H3,(H,19,20). The number of carbonyl (C=O) groups is 1. The fourth-order valence-electron chi connectivity index (χ4n) is 2.32. The maximum absolute atomic E-state index is 12.3. The van der Waals surface area contributed by atoms with E-state index in [2.05, 4.69) is 30.5 Å². The highest BCUT2D eigenvalue weighted by molar-refractivity contribution is 6.05. The Balaban J connectivity index is 2.13. The van der Waals surface area contributed by atoms with Gasteiger partial charge in [-0.1, -0.05) is 26.0 Å². The van der Waals surface area contributed by atoms with Gasteiger partial charge in [0.2, 0.25) is 0 Å². The molecule has 4 heteroatoms. The lowest BCUT2D eigenvalue weighted by Crippen LogP contribution is -2.18. The van der Waals surface area contributed by atoms with Gasteiger partial charge in [0.15, 0.2) is 0 Å². The van der Waals surface area contributed by atoms with Crippen LogP contribution in [-0.4, -0.2) is 12.5 Å². The minimum absolute atomic E-state index is 0.131. The molecule has 0 saturated heterocycles. The van der Waals surface area contributed by atoms with Crippen molar-refractivity contribution >= 4 is 11.6 Å². The van der Waals surface area contributed by atoms with Gasteiger partial charge < -0.3 is 15.1 Å². The number of hydrogen-bond acceptors (Lipinski definition) is 3. The average Bonchev–Trinajstić information content (AvgIpc) is 2.96. The molecule has 1 atom stereocenters. The highest BCUT2D eigenvalue weighted by atomic mass is 16.3. The van der Waals surface area contributed by atoms with Crippen molar-refractivity contribution in [1.82, 2.24) is 5.32 Å². The molecule has 0 aliphatic carbocycles. The van der Waals surface area contributed by atoms with E-state index in [0.29, 0.717) is 17.7 Å². The summed E-state index contributed by atoms with van der Waals surface area (Å²) < 4.78 is 5.30. The zero-order chi connectivity index (χ0) is 15.2. The van der Waals surface area contributed by atoms with Crippen molar-refractivity contribution in [3.63, 3.8) is 0 Å². The molecule has 1 amide bonds. The normalized spacial score (nSPS) is 12.1. The molecule has 0 radical (unpaired) electrons. The largest absolute Gasteiger partial charge is 0.469 e. The smallest absolute Gasteiger partial charge is 0.259 e. The summed E-state index contributed by atoms with van der Waals surface area (Å²) in [5, 5.41) is 6.29. The molecular formula is C17H22N2O2. The van der Waals surface area contributed by atoms with Crippen LogP contribution in [-0.2, 0) is 6.42 Å². The SMILES string of the molecule is CCNC(C)c1cccc(NC(=O)c2ccoc2CC)c1. The van der Waals surface area contributed by atoms with E-state index in [-0.39, 0.29) is 11.9 Å². The van der Waals surface area contributed by atoms with Gasteiger partial charge >= 0.3 is 0 Å². The third kappa shape index (κ3) is 3.73. The van der Waals surface area contributed by atoms with Crippen molar-refractivity contribution < 1.29 is 9.21 Å². The Kier molecular flexibility index (Phi) is 5.17. The number of anilines is 1. The van der Waals surface area contributed by atoms with Crippen molar-refractivity contribution in [1.29, 1.82) is 0 Å². The number of carbonyl (C=O) groups excluding carboxylic acids is 1. The summed E-state index contributed by atoms with van der Waals surface area (Å²) in [5.41, 5.74) is 2.55. The minimum atomic E-state index is -0.131. The van der Waals surface area contributed by atoms with E-state index in [9.17, 15) is 4.79 Å². The number of furan rings is 1. The first-order valence-electron chi connectivity index (χ1n) is 7.36. The third-order valence-electron chi connectivity index (χ3n) is 3.47. The topological polar surface area (TPSA) is 54.3 Å². The Bertz CT molecular complexity index is 604. The van der Waals surface area contributed by atoms with Crippen LogP contribution in [0.5, 0.6) is 0 Å². The number of aryl methyl sites for hydroxylation is 1. The Labute approximate surface area is 125 Å². The van der Waals surface area contributed by atoms with E-state index in [1.54, 1.807) is 12.3 Å². The van der Waals surface area contributed by atoms with Gasteiger partial charge in [-0.05, 0) is 37.2 Å². The molecule has 4 nitrogen and oxygen atoms in total. The first-order valence-corrected chi connectivity index (χ1v) is 7.36. The van der Waals surface area contributed by atoms with Crippen LogP contribution in [0.4, 0.5) is 5.69 Å². The summed E-state index contributed by atoms with van der Waals surface area (Å²) in [4.78, 5) is 12.3. The number of benzene rings is 1. The summed E-state index contributed by atoms with van der Waals surface area (Å²) in [6.45, 7) is 7.06. The lowest BCUT2D eigenvalue weighted by Gasteiger charge is -2.14. The second-order valence-electron chi connectivity index (χ2n) is 4.97. The summed E-state index contributed by atoms with van der Waals surface area (Å²) in [6, 6.07) is 9.86. The van der Waals surface area contributed by atoms with Gasteiger partial charge in [-0.3, -0.25) is 4.79 Å². The molecule has 1 aromatic heterocycles. The van der Waals surface area contributed by atoms with Gasteiger partial charge in [-0.15, -0.1) is 0 Å². The number of nitrogens with one attached hydrogen (secondary N) is 2. The van der Waals surface area contributed by atoms with E-state index >= 15 is 0 Å². The van der Waals surface area contributed by atoms with E-state index in [1.165, 1.54) is 0 Å². The molecule has 112 valence electrons. The second kappa shape index (κ2) is 7.09. The zero-order valence-electron chi connectivity index (χ0n) is 12.8. The van der Waals surface area contributed by atoms with Crippen LogP contribution >= 0.6 is 0 Å². The second-order valence-corrected chi connectivity index (χ2v) is 4.97. The van der Waals surface area contributed by atoms with E-state index in [4.69, 9.17) is 4.42 Å². The van der Waals surface area contributed by atoms with Crippen LogP contribution in [0.15, 0.2) is 41.0 Å².